The molecule has 0 heterocycles. The Balaban J connectivity index is 2.25. The number of phenols is 1. The number of hydrogen-bond donors (Lipinski definition) is 2. The van der Waals surface area contributed by atoms with Crippen molar-refractivity contribution in [1.82, 2.24) is 0 Å². The van der Waals surface area contributed by atoms with Crippen LogP contribution in [0.4, 0.5) is 0 Å². The SMILES string of the molecule is O=C(O)/C(=C\c1c(O)ccc2ccccc12)c1ccccc1. The normalized spacial score (nSPS) is 11.5. The van der Waals surface area contributed by atoms with E-state index in [0.29, 0.717) is 11.1 Å². The van der Waals surface area contributed by atoms with E-state index in [0.717, 1.165) is 10.8 Å². The Morgan fingerprint density at radius 2 is 1.55 bits per heavy atom. The van der Waals surface area contributed by atoms with Gasteiger partial charge in [-0.25, -0.2) is 4.79 Å². The number of hydrogen-bond acceptors (Lipinski definition) is 2. The zero-order valence-electron chi connectivity index (χ0n) is 11.7. The lowest BCUT2D eigenvalue weighted by atomic mass is 9.98. The number of carbonyl (C=O) groups is 1. The number of benzene rings is 3. The number of aromatic hydroxyl groups is 1. The first-order valence-corrected chi connectivity index (χ1v) is 6.88. The molecule has 0 radical (unpaired) electrons. The van der Waals surface area contributed by atoms with E-state index in [1.54, 1.807) is 30.3 Å². The fourth-order valence-electron chi connectivity index (χ4n) is 2.47. The van der Waals surface area contributed by atoms with Crippen molar-refractivity contribution in [1.29, 1.82) is 0 Å². The zero-order valence-corrected chi connectivity index (χ0v) is 11.7. The number of aliphatic carboxylic acids is 1. The Kier molecular flexibility index (Phi) is 3.62. The smallest absolute Gasteiger partial charge is 0.336 e. The molecule has 0 saturated carbocycles. The molecule has 22 heavy (non-hydrogen) atoms. The van der Waals surface area contributed by atoms with Crippen molar-refractivity contribution in [2.45, 2.75) is 0 Å². The molecule has 0 aromatic heterocycles. The fraction of sp³-hybridized carbons (Fsp3) is 0. The first kappa shape index (κ1) is 13.9. The molecule has 108 valence electrons. The maximum absolute atomic E-state index is 11.6. The van der Waals surface area contributed by atoms with Gasteiger partial charge in [0.05, 0.1) is 5.57 Å². The number of carboxylic acid groups (broad SMARTS) is 1. The maximum atomic E-state index is 11.6. The van der Waals surface area contributed by atoms with Gasteiger partial charge in [-0.1, -0.05) is 60.7 Å². The number of fused-ring (bicyclic) bond motifs is 1. The monoisotopic (exact) mass is 290 g/mol. The molecular formula is C19H14O3. The standard InChI is InChI=1S/C19H14O3/c20-18-11-10-14-8-4-5-9-15(14)17(18)12-16(19(21)22)13-6-2-1-3-7-13/h1-12,20H,(H,21,22)/b16-12-. The minimum Gasteiger partial charge on any atom is -0.507 e. The first-order chi connectivity index (χ1) is 10.7. The molecule has 3 rings (SSSR count). The van der Waals surface area contributed by atoms with E-state index in [9.17, 15) is 15.0 Å². The van der Waals surface area contributed by atoms with Crippen molar-refractivity contribution >= 4 is 28.4 Å². The Morgan fingerprint density at radius 3 is 2.27 bits per heavy atom. The van der Waals surface area contributed by atoms with Crippen LogP contribution in [0.15, 0.2) is 66.7 Å². The van der Waals surface area contributed by atoms with Gasteiger partial charge in [-0.3, -0.25) is 0 Å². The summed E-state index contributed by atoms with van der Waals surface area (Å²) in [6.45, 7) is 0. The van der Waals surface area contributed by atoms with Crippen LogP contribution in [0.2, 0.25) is 0 Å². The highest BCUT2D eigenvalue weighted by molar-refractivity contribution is 6.21. The lowest BCUT2D eigenvalue weighted by Crippen LogP contribution is -1.99. The molecule has 0 unspecified atom stereocenters. The van der Waals surface area contributed by atoms with Crippen LogP contribution < -0.4 is 0 Å². The van der Waals surface area contributed by atoms with E-state index in [1.807, 2.05) is 36.4 Å². The third kappa shape index (κ3) is 2.56. The summed E-state index contributed by atoms with van der Waals surface area (Å²) in [7, 11) is 0. The molecule has 0 atom stereocenters. The summed E-state index contributed by atoms with van der Waals surface area (Å²) in [5, 5.41) is 21.4. The van der Waals surface area contributed by atoms with Gasteiger partial charge < -0.3 is 10.2 Å². The highest BCUT2D eigenvalue weighted by Crippen LogP contribution is 2.31. The van der Waals surface area contributed by atoms with Crippen LogP contribution in [0.3, 0.4) is 0 Å². The Bertz CT molecular complexity index is 864. The van der Waals surface area contributed by atoms with Crippen LogP contribution in [0, 0.1) is 0 Å². The van der Waals surface area contributed by atoms with Gasteiger partial charge in [-0.15, -0.1) is 0 Å². The summed E-state index contributed by atoms with van der Waals surface area (Å²) in [6, 6.07) is 19.8. The van der Waals surface area contributed by atoms with Crippen LogP contribution in [-0.2, 0) is 4.79 Å². The van der Waals surface area contributed by atoms with Crippen LogP contribution in [0.25, 0.3) is 22.4 Å². The molecule has 0 aliphatic heterocycles. The number of rotatable bonds is 3. The van der Waals surface area contributed by atoms with E-state index in [4.69, 9.17) is 0 Å². The number of phenolic OH excluding ortho intramolecular Hbond substituents is 1. The molecule has 2 N–H and O–H groups in total. The predicted octanol–water partition coefficient (Wildman–Crippen LogP) is 4.17. The van der Waals surface area contributed by atoms with Crippen molar-refractivity contribution in [3.63, 3.8) is 0 Å². The lowest BCUT2D eigenvalue weighted by molar-refractivity contribution is -0.130. The summed E-state index contributed by atoms with van der Waals surface area (Å²) < 4.78 is 0. The first-order valence-electron chi connectivity index (χ1n) is 6.88. The van der Waals surface area contributed by atoms with Gasteiger partial charge in [0.1, 0.15) is 5.75 Å². The van der Waals surface area contributed by atoms with Crippen molar-refractivity contribution in [3.8, 4) is 5.75 Å². The molecule has 3 aromatic carbocycles. The molecule has 3 heteroatoms. The minimum absolute atomic E-state index is 0.0633. The predicted molar refractivity (Wildman–Crippen MR) is 87.6 cm³/mol. The van der Waals surface area contributed by atoms with Gasteiger partial charge in [0, 0.05) is 5.56 Å². The van der Waals surface area contributed by atoms with E-state index in [-0.39, 0.29) is 11.3 Å². The van der Waals surface area contributed by atoms with Crippen LogP contribution in [0.5, 0.6) is 5.75 Å². The largest absolute Gasteiger partial charge is 0.507 e. The molecule has 0 spiro atoms. The van der Waals surface area contributed by atoms with Crippen LogP contribution >= 0.6 is 0 Å². The summed E-state index contributed by atoms with van der Waals surface area (Å²) in [5.74, 6) is -0.966. The van der Waals surface area contributed by atoms with Gasteiger partial charge in [0.25, 0.3) is 0 Å². The van der Waals surface area contributed by atoms with E-state index in [2.05, 4.69) is 0 Å². The van der Waals surface area contributed by atoms with Gasteiger partial charge >= 0.3 is 5.97 Å². The van der Waals surface area contributed by atoms with Gasteiger partial charge in [-0.05, 0) is 28.5 Å². The summed E-state index contributed by atoms with van der Waals surface area (Å²) in [4.78, 5) is 11.6. The zero-order chi connectivity index (χ0) is 15.5. The van der Waals surface area contributed by atoms with Gasteiger partial charge in [0.15, 0.2) is 0 Å². The molecule has 3 aromatic rings. The molecule has 0 bridgehead atoms. The highest BCUT2D eigenvalue weighted by Gasteiger charge is 2.13. The average Bonchev–Trinajstić information content (AvgIpc) is 2.54. The van der Waals surface area contributed by atoms with Crippen molar-refractivity contribution in [2.24, 2.45) is 0 Å². The van der Waals surface area contributed by atoms with E-state index < -0.39 is 5.97 Å². The third-order valence-electron chi connectivity index (χ3n) is 3.55. The molecule has 0 fully saturated rings. The third-order valence-corrected chi connectivity index (χ3v) is 3.55. The molecule has 0 aliphatic carbocycles. The Labute approximate surface area is 127 Å². The van der Waals surface area contributed by atoms with Crippen molar-refractivity contribution in [2.75, 3.05) is 0 Å². The molecule has 0 amide bonds. The Hall–Kier alpha value is -3.07. The fourth-order valence-corrected chi connectivity index (χ4v) is 2.47. The summed E-state index contributed by atoms with van der Waals surface area (Å²) in [6.07, 6.45) is 1.52. The maximum Gasteiger partial charge on any atom is 0.336 e. The van der Waals surface area contributed by atoms with E-state index in [1.165, 1.54) is 6.08 Å². The topological polar surface area (TPSA) is 57.5 Å². The second kappa shape index (κ2) is 5.74. The minimum atomic E-state index is -1.03. The second-order valence-electron chi connectivity index (χ2n) is 4.95. The van der Waals surface area contributed by atoms with Gasteiger partial charge in [0.2, 0.25) is 0 Å². The molecular weight excluding hydrogens is 276 g/mol. The summed E-state index contributed by atoms with van der Waals surface area (Å²) >= 11 is 0. The molecule has 0 aliphatic rings. The van der Waals surface area contributed by atoms with Gasteiger partial charge in [-0.2, -0.15) is 0 Å². The van der Waals surface area contributed by atoms with Crippen LogP contribution in [0.1, 0.15) is 11.1 Å². The molecule has 0 saturated heterocycles. The average molecular weight is 290 g/mol. The quantitative estimate of drug-likeness (QED) is 0.562. The van der Waals surface area contributed by atoms with Crippen LogP contribution in [-0.4, -0.2) is 16.2 Å². The lowest BCUT2D eigenvalue weighted by Gasteiger charge is -2.08. The van der Waals surface area contributed by atoms with Crippen molar-refractivity contribution in [3.05, 3.63) is 77.9 Å². The summed E-state index contributed by atoms with van der Waals surface area (Å²) in [5.41, 5.74) is 1.26. The molecule has 3 nitrogen and oxygen atoms in total. The van der Waals surface area contributed by atoms with E-state index >= 15 is 0 Å². The second-order valence-corrected chi connectivity index (χ2v) is 4.95. The Morgan fingerprint density at radius 1 is 0.864 bits per heavy atom. The number of carboxylic acids is 1. The highest BCUT2D eigenvalue weighted by atomic mass is 16.4. The van der Waals surface area contributed by atoms with Crippen molar-refractivity contribution < 1.29 is 15.0 Å².